The molecular formula is C18H17N5O. The first-order valence-electron chi connectivity index (χ1n) is 7.64. The van der Waals surface area contributed by atoms with E-state index in [0.717, 1.165) is 39.1 Å². The first kappa shape index (κ1) is 14.5. The standard InChI is InChI=1S/C18H17N5O/c1-24-13-7-5-12(6-8-13)11-23-17-10-9-15(20-19)14-3-2-4-16(18(14)17)21-22-23/h2-10,20H,11,19H2,1H3. The Balaban J connectivity index is 1.75. The Morgan fingerprint density at radius 1 is 1.08 bits per heavy atom. The van der Waals surface area contributed by atoms with Gasteiger partial charge in [0.2, 0.25) is 0 Å². The van der Waals surface area contributed by atoms with E-state index in [1.807, 2.05) is 59.6 Å². The highest BCUT2D eigenvalue weighted by atomic mass is 16.5. The number of hydrogen-bond acceptors (Lipinski definition) is 6. The zero-order valence-electron chi connectivity index (χ0n) is 13.2. The minimum absolute atomic E-state index is 0.631. The summed E-state index contributed by atoms with van der Waals surface area (Å²) in [6.45, 7) is 0.631. The second-order valence-corrected chi connectivity index (χ2v) is 5.57. The third-order valence-corrected chi connectivity index (χ3v) is 4.18. The monoisotopic (exact) mass is 319 g/mol. The molecular weight excluding hydrogens is 302 g/mol. The van der Waals surface area contributed by atoms with E-state index < -0.39 is 0 Å². The fourth-order valence-corrected chi connectivity index (χ4v) is 2.96. The minimum Gasteiger partial charge on any atom is -0.497 e. The van der Waals surface area contributed by atoms with Crippen LogP contribution in [0.1, 0.15) is 5.56 Å². The first-order valence-corrected chi connectivity index (χ1v) is 7.64. The number of nitrogen functional groups attached to an aromatic ring is 1. The predicted molar refractivity (Wildman–Crippen MR) is 95.5 cm³/mol. The van der Waals surface area contributed by atoms with E-state index >= 15 is 0 Å². The Bertz CT molecular complexity index is 921. The molecule has 1 aliphatic heterocycles. The Morgan fingerprint density at radius 3 is 2.67 bits per heavy atom. The number of nitrogens with one attached hydrogen (secondary N) is 1. The zero-order chi connectivity index (χ0) is 16.5. The average Bonchev–Trinajstić information content (AvgIpc) is 2.64. The highest BCUT2D eigenvalue weighted by Crippen LogP contribution is 2.42. The van der Waals surface area contributed by atoms with Crippen molar-refractivity contribution < 1.29 is 4.74 Å². The number of ether oxygens (including phenoxy) is 1. The molecule has 0 aromatic heterocycles. The molecule has 3 aromatic carbocycles. The third-order valence-electron chi connectivity index (χ3n) is 4.18. The number of anilines is 2. The van der Waals surface area contributed by atoms with E-state index in [-0.39, 0.29) is 0 Å². The van der Waals surface area contributed by atoms with Gasteiger partial charge in [0.25, 0.3) is 0 Å². The van der Waals surface area contributed by atoms with Crippen molar-refractivity contribution >= 4 is 27.8 Å². The van der Waals surface area contributed by atoms with E-state index in [2.05, 4.69) is 15.8 Å². The summed E-state index contributed by atoms with van der Waals surface area (Å²) in [5, 5.41) is 12.7. The number of nitrogens with two attached hydrogens (primary N) is 1. The molecule has 0 radical (unpaired) electrons. The molecule has 0 bridgehead atoms. The molecule has 0 saturated heterocycles. The zero-order valence-corrected chi connectivity index (χ0v) is 13.2. The molecule has 3 aromatic rings. The maximum absolute atomic E-state index is 5.63. The molecule has 0 fully saturated rings. The van der Waals surface area contributed by atoms with Gasteiger partial charge < -0.3 is 10.2 Å². The molecule has 1 heterocycles. The van der Waals surface area contributed by atoms with E-state index in [4.69, 9.17) is 10.6 Å². The van der Waals surface area contributed by atoms with Gasteiger partial charge in [0.1, 0.15) is 5.75 Å². The van der Waals surface area contributed by atoms with Crippen LogP contribution in [0.25, 0.3) is 10.8 Å². The van der Waals surface area contributed by atoms with Crippen LogP contribution in [-0.4, -0.2) is 7.11 Å². The largest absolute Gasteiger partial charge is 0.497 e. The van der Waals surface area contributed by atoms with Gasteiger partial charge in [-0.2, -0.15) is 0 Å². The van der Waals surface area contributed by atoms with E-state index in [1.165, 1.54) is 0 Å². The Labute approximate surface area is 139 Å². The summed E-state index contributed by atoms with van der Waals surface area (Å²) in [6.07, 6.45) is 0. The van der Waals surface area contributed by atoms with Crippen molar-refractivity contribution in [2.24, 2.45) is 16.2 Å². The molecule has 0 aliphatic carbocycles. The van der Waals surface area contributed by atoms with Crippen molar-refractivity contribution in [3.8, 4) is 5.75 Å². The quantitative estimate of drug-likeness (QED) is 0.559. The average molecular weight is 319 g/mol. The molecule has 0 saturated carbocycles. The van der Waals surface area contributed by atoms with Crippen LogP contribution in [-0.2, 0) is 6.54 Å². The lowest BCUT2D eigenvalue weighted by Gasteiger charge is -2.24. The molecule has 1 aliphatic rings. The SMILES string of the molecule is COc1ccc(CN2N=Nc3cccc4c(NN)ccc2c34)cc1. The summed E-state index contributed by atoms with van der Waals surface area (Å²) in [5.41, 5.74) is 6.62. The Morgan fingerprint density at radius 2 is 1.92 bits per heavy atom. The summed E-state index contributed by atoms with van der Waals surface area (Å²) < 4.78 is 5.20. The van der Waals surface area contributed by atoms with Crippen LogP contribution in [0.5, 0.6) is 5.75 Å². The highest BCUT2D eigenvalue weighted by molar-refractivity contribution is 6.08. The molecule has 24 heavy (non-hydrogen) atoms. The Hall–Kier alpha value is -3.12. The van der Waals surface area contributed by atoms with Crippen molar-refractivity contribution in [3.63, 3.8) is 0 Å². The van der Waals surface area contributed by atoms with Crippen LogP contribution in [0.4, 0.5) is 17.1 Å². The number of hydrogen-bond donors (Lipinski definition) is 2. The van der Waals surface area contributed by atoms with E-state index in [9.17, 15) is 0 Å². The van der Waals surface area contributed by atoms with Gasteiger partial charge in [0.05, 0.1) is 30.7 Å². The maximum Gasteiger partial charge on any atom is 0.118 e. The maximum atomic E-state index is 5.63. The van der Waals surface area contributed by atoms with Gasteiger partial charge >= 0.3 is 0 Å². The van der Waals surface area contributed by atoms with Crippen LogP contribution >= 0.6 is 0 Å². The van der Waals surface area contributed by atoms with Gasteiger partial charge in [0.15, 0.2) is 0 Å². The van der Waals surface area contributed by atoms with Gasteiger partial charge in [-0.15, -0.1) is 5.11 Å². The van der Waals surface area contributed by atoms with Crippen molar-refractivity contribution in [1.29, 1.82) is 0 Å². The number of nitrogens with zero attached hydrogens (tertiary/aromatic N) is 3. The third kappa shape index (κ3) is 2.33. The molecule has 0 spiro atoms. The number of benzene rings is 3. The van der Waals surface area contributed by atoms with Gasteiger partial charge in [-0.3, -0.25) is 5.84 Å². The molecule has 120 valence electrons. The van der Waals surface area contributed by atoms with Crippen LogP contribution in [0.2, 0.25) is 0 Å². The van der Waals surface area contributed by atoms with Crippen molar-refractivity contribution in [2.75, 3.05) is 17.5 Å². The van der Waals surface area contributed by atoms with Crippen LogP contribution in [0, 0.1) is 0 Å². The lowest BCUT2D eigenvalue weighted by molar-refractivity contribution is 0.414. The summed E-state index contributed by atoms with van der Waals surface area (Å²) in [4.78, 5) is 0. The number of hydrazine groups is 1. The minimum atomic E-state index is 0.631. The fraction of sp³-hybridized carbons (Fsp3) is 0.111. The van der Waals surface area contributed by atoms with Crippen LogP contribution in [0.3, 0.4) is 0 Å². The normalized spacial score (nSPS) is 12.5. The summed E-state index contributed by atoms with van der Waals surface area (Å²) in [6, 6.07) is 17.9. The van der Waals surface area contributed by atoms with Crippen LogP contribution < -0.4 is 21.0 Å². The second kappa shape index (κ2) is 5.82. The van der Waals surface area contributed by atoms with Crippen LogP contribution in [0.15, 0.2) is 64.9 Å². The molecule has 0 amide bonds. The topological polar surface area (TPSA) is 75.2 Å². The van der Waals surface area contributed by atoms with Crippen molar-refractivity contribution in [1.82, 2.24) is 0 Å². The molecule has 0 atom stereocenters. The number of methoxy groups -OCH3 is 1. The van der Waals surface area contributed by atoms with E-state index in [0.29, 0.717) is 6.54 Å². The summed E-state index contributed by atoms with van der Waals surface area (Å²) in [7, 11) is 1.66. The molecule has 6 heteroatoms. The highest BCUT2D eigenvalue weighted by Gasteiger charge is 2.19. The molecule has 6 nitrogen and oxygen atoms in total. The molecule has 3 N–H and O–H groups in total. The van der Waals surface area contributed by atoms with Gasteiger partial charge in [0, 0.05) is 10.8 Å². The van der Waals surface area contributed by atoms with E-state index in [1.54, 1.807) is 7.11 Å². The lowest BCUT2D eigenvalue weighted by atomic mass is 10.0. The summed E-state index contributed by atoms with van der Waals surface area (Å²) >= 11 is 0. The second-order valence-electron chi connectivity index (χ2n) is 5.57. The van der Waals surface area contributed by atoms with Gasteiger partial charge in [-0.25, -0.2) is 5.01 Å². The molecule has 4 rings (SSSR count). The molecule has 0 unspecified atom stereocenters. The van der Waals surface area contributed by atoms with Gasteiger partial charge in [-0.1, -0.05) is 29.5 Å². The first-order chi connectivity index (χ1) is 11.8. The van der Waals surface area contributed by atoms with Crippen molar-refractivity contribution in [3.05, 3.63) is 60.2 Å². The number of rotatable bonds is 4. The Kier molecular flexibility index (Phi) is 3.51. The predicted octanol–water partition coefficient (Wildman–Crippen LogP) is 4.15. The summed E-state index contributed by atoms with van der Waals surface area (Å²) in [5.74, 6) is 6.47. The smallest absolute Gasteiger partial charge is 0.118 e. The van der Waals surface area contributed by atoms with Crippen molar-refractivity contribution in [2.45, 2.75) is 6.54 Å². The fourth-order valence-electron chi connectivity index (χ4n) is 2.96. The van der Waals surface area contributed by atoms with Gasteiger partial charge in [-0.05, 0) is 35.9 Å². The lowest BCUT2D eigenvalue weighted by Crippen LogP contribution is -2.17.